The average Bonchev–Trinajstić information content (AvgIpc) is 2.70. The largest absolute Gasteiger partial charge is 0.371 e. The highest BCUT2D eigenvalue weighted by atomic mass is 32.1. The lowest BCUT2D eigenvalue weighted by atomic mass is 9.88. The van der Waals surface area contributed by atoms with Crippen molar-refractivity contribution in [3.8, 4) is 0 Å². The molecule has 1 aliphatic heterocycles. The minimum atomic E-state index is 0.748. The van der Waals surface area contributed by atoms with Crippen LogP contribution in [-0.4, -0.2) is 19.4 Å². The van der Waals surface area contributed by atoms with Crippen molar-refractivity contribution in [2.45, 2.75) is 20.3 Å². The smallest absolute Gasteiger partial charge is 0.160 e. The van der Waals surface area contributed by atoms with Gasteiger partial charge in [0.1, 0.15) is 0 Å². The van der Waals surface area contributed by atoms with E-state index in [4.69, 9.17) is 0 Å². The first-order chi connectivity index (χ1) is 7.20. The van der Waals surface area contributed by atoms with Crippen molar-refractivity contribution >= 4 is 23.3 Å². The summed E-state index contributed by atoms with van der Waals surface area (Å²) in [5.74, 6) is 1.57. The summed E-state index contributed by atoms with van der Waals surface area (Å²) in [6.45, 7) is 6.88. The van der Waals surface area contributed by atoms with Gasteiger partial charge in [-0.1, -0.05) is 13.8 Å². The van der Waals surface area contributed by atoms with Crippen molar-refractivity contribution in [1.29, 1.82) is 0 Å². The van der Waals surface area contributed by atoms with Gasteiger partial charge in [-0.25, -0.2) is 0 Å². The van der Waals surface area contributed by atoms with Crippen LogP contribution in [0.4, 0.5) is 5.69 Å². The molecule has 1 aliphatic rings. The quantitative estimate of drug-likeness (QED) is 0.718. The number of nitrogens with zero attached hydrogens (tertiary/aromatic N) is 1. The minimum absolute atomic E-state index is 0.748. The second-order valence-corrected chi connectivity index (χ2v) is 5.46. The molecular formula is C12H17NOS. The highest BCUT2D eigenvalue weighted by Crippen LogP contribution is 2.29. The highest BCUT2D eigenvalue weighted by molar-refractivity contribution is 7.12. The second-order valence-electron chi connectivity index (χ2n) is 4.51. The van der Waals surface area contributed by atoms with Gasteiger partial charge in [0.15, 0.2) is 6.29 Å². The molecule has 0 bridgehead atoms. The average molecular weight is 223 g/mol. The molecule has 0 aromatic carbocycles. The zero-order chi connectivity index (χ0) is 10.8. The van der Waals surface area contributed by atoms with E-state index in [1.165, 1.54) is 23.4 Å². The van der Waals surface area contributed by atoms with E-state index in [1.807, 2.05) is 6.07 Å². The van der Waals surface area contributed by atoms with Crippen molar-refractivity contribution < 1.29 is 4.79 Å². The summed E-state index contributed by atoms with van der Waals surface area (Å²) in [7, 11) is 0. The topological polar surface area (TPSA) is 20.3 Å². The molecule has 3 heteroatoms. The molecule has 82 valence electrons. The Morgan fingerprint density at radius 2 is 2.27 bits per heavy atom. The Morgan fingerprint density at radius 3 is 2.87 bits per heavy atom. The molecule has 2 heterocycles. The van der Waals surface area contributed by atoms with Crippen LogP contribution in [0, 0.1) is 11.8 Å². The van der Waals surface area contributed by atoms with Gasteiger partial charge < -0.3 is 4.90 Å². The molecule has 2 rings (SSSR count). The number of piperidine rings is 1. The zero-order valence-corrected chi connectivity index (χ0v) is 10.1. The summed E-state index contributed by atoms with van der Waals surface area (Å²) in [5.41, 5.74) is 1.22. The Morgan fingerprint density at radius 1 is 1.47 bits per heavy atom. The summed E-state index contributed by atoms with van der Waals surface area (Å²) in [5, 5.41) is 2.09. The minimum Gasteiger partial charge on any atom is -0.371 e. The zero-order valence-electron chi connectivity index (χ0n) is 9.27. The van der Waals surface area contributed by atoms with E-state index in [2.05, 4.69) is 24.1 Å². The predicted octanol–water partition coefficient (Wildman–Crippen LogP) is 3.04. The Balaban J connectivity index is 2.08. The molecule has 1 aromatic heterocycles. The van der Waals surface area contributed by atoms with Crippen LogP contribution < -0.4 is 4.90 Å². The number of aldehydes is 1. The maximum Gasteiger partial charge on any atom is 0.160 e. The van der Waals surface area contributed by atoms with E-state index in [9.17, 15) is 4.79 Å². The monoisotopic (exact) mass is 223 g/mol. The molecule has 1 fully saturated rings. The Kier molecular flexibility index (Phi) is 3.10. The summed E-state index contributed by atoms with van der Waals surface area (Å²) in [6.07, 6.45) is 2.19. The first-order valence-electron chi connectivity index (χ1n) is 5.49. The summed E-state index contributed by atoms with van der Waals surface area (Å²) in [6, 6.07) is 2.00. The van der Waals surface area contributed by atoms with Crippen LogP contribution in [-0.2, 0) is 0 Å². The van der Waals surface area contributed by atoms with Gasteiger partial charge in [0.25, 0.3) is 0 Å². The molecule has 0 N–H and O–H groups in total. The van der Waals surface area contributed by atoms with Crippen molar-refractivity contribution in [2.75, 3.05) is 18.0 Å². The summed E-state index contributed by atoms with van der Waals surface area (Å²) in [4.78, 5) is 13.8. The molecule has 0 saturated carbocycles. The molecule has 2 atom stereocenters. The van der Waals surface area contributed by atoms with E-state index in [1.54, 1.807) is 0 Å². The summed E-state index contributed by atoms with van der Waals surface area (Å²) >= 11 is 1.54. The van der Waals surface area contributed by atoms with Gasteiger partial charge in [0.05, 0.1) is 4.88 Å². The van der Waals surface area contributed by atoms with E-state index >= 15 is 0 Å². The molecule has 2 nitrogen and oxygen atoms in total. The molecule has 0 aliphatic carbocycles. The third-order valence-corrected chi connectivity index (χ3v) is 4.27. The molecular weight excluding hydrogens is 206 g/mol. The number of hydrogen-bond acceptors (Lipinski definition) is 3. The second kappa shape index (κ2) is 4.35. The third kappa shape index (κ3) is 2.23. The van der Waals surface area contributed by atoms with E-state index in [0.29, 0.717) is 0 Å². The maximum atomic E-state index is 10.6. The van der Waals surface area contributed by atoms with Crippen LogP contribution in [0.2, 0.25) is 0 Å². The van der Waals surface area contributed by atoms with Gasteiger partial charge in [-0.2, -0.15) is 0 Å². The standard InChI is InChI=1S/C12H17NOS/c1-9-3-4-13(6-10(9)2)11-5-12(7-14)15-8-11/h5,7-10H,3-4,6H2,1-2H3. The van der Waals surface area contributed by atoms with Gasteiger partial charge >= 0.3 is 0 Å². The van der Waals surface area contributed by atoms with Crippen LogP contribution in [0.5, 0.6) is 0 Å². The fraction of sp³-hybridized carbons (Fsp3) is 0.583. The molecule has 2 unspecified atom stereocenters. The predicted molar refractivity (Wildman–Crippen MR) is 64.9 cm³/mol. The first kappa shape index (κ1) is 10.7. The summed E-state index contributed by atoms with van der Waals surface area (Å²) < 4.78 is 0. The van der Waals surface area contributed by atoms with Crippen LogP contribution in [0.1, 0.15) is 29.9 Å². The van der Waals surface area contributed by atoms with Crippen molar-refractivity contribution in [2.24, 2.45) is 11.8 Å². The van der Waals surface area contributed by atoms with Crippen LogP contribution in [0.25, 0.3) is 0 Å². The van der Waals surface area contributed by atoms with Crippen molar-refractivity contribution in [3.63, 3.8) is 0 Å². The van der Waals surface area contributed by atoms with Gasteiger partial charge in [-0.15, -0.1) is 11.3 Å². The van der Waals surface area contributed by atoms with Crippen LogP contribution in [0.15, 0.2) is 11.4 Å². The van der Waals surface area contributed by atoms with Gasteiger partial charge in [-0.3, -0.25) is 4.79 Å². The highest BCUT2D eigenvalue weighted by Gasteiger charge is 2.23. The van der Waals surface area contributed by atoms with E-state index in [-0.39, 0.29) is 0 Å². The molecule has 1 saturated heterocycles. The van der Waals surface area contributed by atoms with Crippen molar-refractivity contribution in [1.82, 2.24) is 0 Å². The number of carbonyl (C=O) groups excluding carboxylic acids is 1. The molecule has 0 radical (unpaired) electrons. The maximum absolute atomic E-state index is 10.6. The lowest BCUT2D eigenvalue weighted by Crippen LogP contribution is -2.38. The first-order valence-corrected chi connectivity index (χ1v) is 6.37. The van der Waals surface area contributed by atoms with Crippen molar-refractivity contribution in [3.05, 3.63) is 16.3 Å². The Bertz CT molecular complexity index is 347. The number of rotatable bonds is 2. The normalized spacial score (nSPS) is 26.7. The number of thiophene rings is 1. The van der Waals surface area contributed by atoms with Crippen LogP contribution in [0.3, 0.4) is 0 Å². The lowest BCUT2D eigenvalue weighted by molar-refractivity contribution is 0.112. The fourth-order valence-corrected chi connectivity index (χ4v) is 2.79. The Hall–Kier alpha value is -0.830. The molecule has 0 spiro atoms. The molecule has 0 amide bonds. The van der Waals surface area contributed by atoms with Gasteiger partial charge in [-0.05, 0) is 24.3 Å². The molecule has 1 aromatic rings. The van der Waals surface area contributed by atoms with Crippen LogP contribution >= 0.6 is 11.3 Å². The van der Waals surface area contributed by atoms with E-state index in [0.717, 1.165) is 36.1 Å². The van der Waals surface area contributed by atoms with Gasteiger partial charge in [0, 0.05) is 24.2 Å². The number of hydrogen-bond donors (Lipinski definition) is 0. The van der Waals surface area contributed by atoms with E-state index < -0.39 is 0 Å². The molecule has 15 heavy (non-hydrogen) atoms. The lowest BCUT2D eigenvalue weighted by Gasteiger charge is -2.36. The fourth-order valence-electron chi connectivity index (χ4n) is 2.07. The number of anilines is 1. The third-order valence-electron chi connectivity index (χ3n) is 3.42. The SMILES string of the molecule is CC1CCN(c2csc(C=O)c2)CC1C. The van der Waals surface area contributed by atoms with Gasteiger partial charge in [0.2, 0.25) is 0 Å². The number of carbonyl (C=O) groups is 1. The Labute approximate surface area is 94.9 Å².